The smallest absolute Gasteiger partial charge is 0.138 e. The Labute approximate surface area is 136 Å². The Balaban J connectivity index is 0.000000415. The average molecular weight is 413 g/mol. The fourth-order valence-electron chi connectivity index (χ4n) is 1.89. The van der Waals surface area contributed by atoms with Crippen molar-refractivity contribution in [2.45, 2.75) is 32.9 Å². The van der Waals surface area contributed by atoms with Crippen molar-refractivity contribution in [3.8, 4) is 0 Å². The summed E-state index contributed by atoms with van der Waals surface area (Å²) in [6.07, 6.45) is 5.30. The quantitative estimate of drug-likeness (QED) is 0.437. The van der Waals surface area contributed by atoms with Crippen LogP contribution in [0, 0.1) is 0 Å². The number of hydrogen-bond acceptors (Lipinski definition) is 3. The summed E-state index contributed by atoms with van der Waals surface area (Å²) in [6.45, 7) is 5.80. The fourth-order valence-corrected chi connectivity index (χ4v) is 2.11. The predicted octanol–water partition coefficient (Wildman–Crippen LogP) is 4.77. The van der Waals surface area contributed by atoms with Crippen LogP contribution in [0.25, 0.3) is 10.9 Å². The van der Waals surface area contributed by atoms with Crippen LogP contribution in [0.2, 0.25) is 5.15 Å². The van der Waals surface area contributed by atoms with Gasteiger partial charge in [0.2, 0.25) is 0 Å². The maximum atomic E-state index is 6.00. The number of pyridine rings is 1. The van der Waals surface area contributed by atoms with E-state index in [9.17, 15) is 0 Å². The monoisotopic (exact) mass is 412 g/mol. The van der Waals surface area contributed by atoms with E-state index in [0.717, 1.165) is 30.5 Å². The molecule has 3 heterocycles. The number of nitrogens with zero attached hydrogens (tertiary/aromatic N) is 2. The second kappa shape index (κ2) is 9.05. The van der Waals surface area contributed by atoms with Crippen molar-refractivity contribution in [1.29, 1.82) is 0 Å². The summed E-state index contributed by atoms with van der Waals surface area (Å²) < 4.78 is 7.59. The number of rotatable bonds is 2. The number of thiol groups is 1. The molecule has 3 nitrogen and oxygen atoms in total. The summed E-state index contributed by atoms with van der Waals surface area (Å²) in [7, 11) is 3.50. The van der Waals surface area contributed by atoms with E-state index in [4.69, 9.17) is 16.3 Å². The van der Waals surface area contributed by atoms with Crippen LogP contribution >= 0.6 is 42.6 Å². The minimum absolute atomic E-state index is 0.368. The summed E-state index contributed by atoms with van der Waals surface area (Å²) >= 11 is 7.84. The summed E-state index contributed by atoms with van der Waals surface area (Å²) in [6, 6.07) is 3.99. The molecular weight excluding hydrogens is 395 g/mol. The molecule has 2 aromatic rings. The molecule has 0 spiro atoms. The predicted molar refractivity (Wildman–Crippen MR) is 93.5 cm³/mol. The Bertz CT molecular complexity index is 502. The van der Waals surface area contributed by atoms with Gasteiger partial charge in [-0.2, -0.15) is 0 Å². The van der Waals surface area contributed by atoms with Gasteiger partial charge in [-0.3, -0.25) is 0 Å². The van der Waals surface area contributed by atoms with Crippen molar-refractivity contribution in [3.63, 3.8) is 0 Å². The number of fused-ring (bicyclic) bond motifs is 1. The Morgan fingerprint density at radius 3 is 2.74 bits per heavy atom. The van der Waals surface area contributed by atoms with Crippen molar-refractivity contribution in [3.05, 3.63) is 29.7 Å². The van der Waals surface area contributed by atoms with Gasteiger partial charge in [-0.05, 0) is 39.8 Å². The fraction of sp³-hybridized carbons (Fsp3) is 0.462. The topological polar surface area (TPSA) is 27.1 Å². The van der Waals surface area contributed by atoms with Crippen molar-refractivity contribution in [1.82, 2.24) is 9.55 Å². The van der Waals surface area contributed by atoms with Crippen LogP contribution in [0.3, 0.4) is 0 Å². The van der Waals surface area contributed by atoms with Gasteiger partial charge in [0.25, 0.3) is 0 Å². The lowest BCUT2D eigenvalue weighted by atomic mass is 10.2. The SMILES string of the molecule is CC.Clc1nccc2c1ccn2CC1CCO1.SI. The van der Waals surface area contributed by atoms with Crippen LogP contribution in [-0.2, 0) is 11.3 Å². The molecule has 1 aliphatic rings. The highest BCUT2D eigenvalue weighted by Crippen LogP contribution is 2.23. The van der Waals surface area contributed by atoms with E-state index >= 15 is 0 Å². The van der Waals surface area contributed by atoms with E-state index in [2.05, 4.69) is 19.4 Å². The zero-order valence-electron chi connectivity index (χ0n) is 11.0. The first-order valence-corrected chi connectivity index (χ1v) is 9.83. The highest BCUT2D eigenvalue weighted by molar-refractivity contribution is 14.2. The standard InChI is InChI=1S/C11H11ClN2O.C2H6.HIS/c12-11-9-2-5-14(7-8-3-6-15-8)10(9)1-4-13-11;2*1-2/h1-2,4-5,8H,3,6-7H2;1-2H3;2H. The van der Waals surface area contributed by atoms with Crippen LogP contribution in [-0.4, -0.2) is 22.3 Å². The van der Waals surface area contributed by atoms with E-state index in [1.807, 2.05) is 53.4 Å². The molecule has 0 aliphatic carbocycles. The first kappa shape index (κ1) is 17.1. The number of ether oxygens (including phenoxy) is 1. The third-order valence-electron chi connectivity index (χ3n) is 2.84. The Kier molecular flexibility index (Phi) is 8.13. The van der Waals surface area contributed by atoms with E-state index in [1.54, 1.807) is 6.20 Å². The third-order valence-corrected chi connectivity index (χ3v) is 3.14. The van der Waals surface area contributed by atoms with Crippen LogP contribution in [0.15, 0.2) is 24.5 Å². The lowest BCUT2D eigenvalue weighted by Gasteiger charge is -2.27. The minimum atomic E-state index is 0.368. The molecule has 1 unspecified atom stereocenters. The van der Waals surface area contributed by atoms with Gasteiger partial charge in [-0.25, -0.2) is 4.98 Å². The van der Waals surface area contributed by atoms with Gasteiger partial charge in [0.1, 0.15) is 5.15 Å². The molecule has 0 amide bonds. The molecule has 0 bridgehead atoms. The molecular formula is C13H18ClIN2OS. The van der Waals surface area contributed by atoms with Gasteiger partial charge < -0.3 is 9.30 Å². The molecule has 1 fully saturated rings. The van der Waals surface area contributed by atoms with Gasteiger partial charge >= 0.3 is 0 Å². The van der Waals surface area contributed by atoms with Crippen LogP contribution in [0.5, 0.6) is 0 Å². The molecule has 106 valence electrons. The van der Waals surface area contributed by atoms with Crippen LogP contribution in [0.1, 0.15) is 20.3 Å². The van der Waals surface area contributed by atoms with Crippen LogP contribution < -0.4 is 0 Å². The minimum Gasteiger partial charge on any atom is -0.376 e. The molecule has 1 aliphatic heterocycles. The summed E-state index contributed by atoms with van der Waals surface area (Å²) in [5.74, 6) is 0. The maximum Gasteiger partial charge on any atom is 0.138 e. The van der Waals surface area contributed by atoms with Gasteiger partial charge in [0.15, 0.2) is 0 Å². The van der Waals surface area contributed by atoms with Crippen molar-refractivity contribution >= 4 is 53.5 Å². The van der Waals surface area contributed by atoms with E-state index in [-0.39, 0.29) is 0 Å². The van der Waals surface area contributed by atoms with E-state index in [0.29, 0.717) is 11.3 Å². The number of aromatic nitrogens is 2. The average Bonchev–Trinajstić information content (AvgIpc) is 2.83. The van der Waals surface area contributed by atoms with Crippen LogP contribution in [0.4, 0.5) is 0 Å². The Hall–Kier alpha value is 0.0200. The highest BCUT2D eigenvalue weighted by atomic mass is 127. The lowest BCUT2D eigenvalue weighted by Crippen LogP contribution is -2.30. The molecule has 3 rings (SSSR count). The molecule has 19 heavy (non-hydrogen) atoms. The van der Waals surface area contributed by atoms with Gasteiger partial charge in [-0.1, -0.05) is 25.4 Å². The molecule has 2 aromatic heterocycles. The number of halogens is 2. The largest absolute Gasteiger partial charge is 0.376 e. The van der Waals surface area contributed by atoms with Crippen molar-refractivity contribution in [2.24, 2.45) is 0 Å². The summed E-state index contributed by atoms with van der Waals surface area (Å²) in [5, 5.41) is 1.58. The van der Waals surface area contributed by atoms with E-state index in [1.165, 1.54) is 0 Å². The van der Waals surface area contributed by atoms with Crippen molar-refractivity contribution in [2.75, 3.05) is 6.61 Å². The second-order valence-corrected chi connectivity index (χ2v) is 4.14. The zero-order chi connectivity index (χ0) is 14.3. The first-order chi connectivity index (χ1) is 9.34. The number of hydrogen-bond donors (Lipinski definition) is 1. The normalized spacial score (nSPS) is 16.8. The second-order valence-electron chi connectivity index (χ2n) is 3.78. The summed E-state index contributed by atoms with van der Waals surface area (Å²) in [4.78, 5) is 4.05. The Morgan fingerprint density at radius 1 is 1.47 bits per heavy atom. The van der Waals surface area contributed by atoms with Crippen molar-refractivity contribution < 1.29 is 4.74 Å². The summed E-state index contributed by atoms with van der Waals surface area (Å²) in [5.41, 5.74) is 1.13. The molecule has 0 saturated carbocycles. The maximum absolute atomic E-state index is 6.00. The lowest BCUT2D eigenvalue weighted by molar-refractivity contribution is -0.0586. The molecule has 0 aromatic carbocycles. The third kappa shape index (κ3) is 4.24. The highest BCUT2D eigenvalue weighted by Gasteiger charge is 2.19. The van der Waals surface area contributed by atoms with Gasteiger partial charge in [0, 0.05) is 30.9 Å². The molecule has 0 N–H and O–H groups in total. The molecule has 0 radical (unpaired) electrons. The van der Waals surface area contributed by atoms with Gasteiger partial charge in [0.05, 0.1) is 11.6 Å². The molecule has 1 saturated heterocycles. The zero-order valence-corrected chi connectivity index (χ0v) is 14.8. The molecule has 1 atom stereocenters. The van der Waals surface area contributed by atoms with E-state index < -0.39 is 0 Å². The van der Waals surface area contributed by atoms with Gasteiger partial charge in [-0.15, -0.1) is 9.80 Å². The Morgan fingerprint density at radius 2 is 2.16 bits per heavy atom. The first-order valence-electron chi connectivity index (χ1n) is 6.22. The molecule has 6 heteroatoms.